The lowest BCUT2D eigenvalue weighted by molar-refractivity contribution is -0.137. The minimum absolute atomic E-state index is 0.0921. The topological polar surface area (TPSA) is 74.8 Å². The van der Waals surface area contributed by atoms with E-state index >= 15 is 0 Å². The van der Waals surface area contributed by atoms with Crippen molar-refractivity contribution in [3.05, 3.63) is 35.4 Å². The van der Waals surface area contributed by atoms with Gasteiger partial charge in [0, 0.05) is 44.2 Å². The number of guanidine groups is 1. The predicted molar refractivity (Wildman–Crippen MR) is 113 cm³/mol. The number of nitrogens with one attached hydrogen (secondary N) is 3. The fourth-order valence-electron chi connectivity index (χ4n) is 3.75. The number of nitrogens with zero attached hydrogens (tertiary/aromatic N) is 1. The second-order valence-electron chi connectivity index (χ2n) is 8.16. The van der Waals surface area contributed by atoms with Gasteiger partial charge >= 0.3 is 6.18 Å². The van der Waals surface area contributed by atoms with Crippen LogP contribution in [0.25, 0.3) is 0 Å². The van der Waals surface area contributed by atoms with E-state index in [1.165, 1.54) is 12.1 Å². The number of benzene rings is 1. The van der Waals surface area contributed by atoms with Crippen molar-refractivity contribution in [3.63, 3.8) is 0 Å². The van der Waals surface area contributed by atoms with Gasteiger partial charge < -0.3 is 20.7 Å². The van der Waals surface area contributed by atoms with Crippen LogP contribution in [0.2, 0.25) is 0 Å². The highest BCUT2D eigenvalue weighted by atomic mass is 19.4. The maximum Gasteiger partial charge on any atom is 0.416 e. The molecule has 1 aromatic rings. The summed E-state index contributed by atoms with van der Waals surface area (Å²) < 4.78 is 45.2. The Bertz CT molecular complexity index is 772. The quantitative estimate of drug-likeness (QED) is 0.330. The van der Waals surface area contributed by atoms with Crippen molar-refractivity contribution >= 4 is 11.9 Å². The van der Waals surface area contributed by atoms with Crippen LogP contribution in [-0.4, -0.2) is 51.3 Å². The highest BCUT2D eigenvalue weighted by Crippen LogP contribution is 2.38. The molecule has 172 valence electrons. The lowest BCUT2D eigenvalue weighted by Gasteiger charge is -2.37. The Labute approximate surface area is 181 Å². The average Bonchev–Trinajstić information content (AvgIpc) is 3.60. The highest BCUT2D eigenvalue weighted by molar-refractivity contribution is 5.81. The van der Waals surface area contributed by atoms with Crippen LogP contribution in [0.1, 0.15) is 43.7 Å². The van der Waals surface area contributed by atoms with Gasteiger partial charge in [0.2, 0.25) is 5.91 Å². The average molecular weight is 441 g/mol. The molecule has 1 heterocycles. The zero-order valence-electron chi connectivity index (χ0n) is 17.9. The van der Waals surface area contributed by atoms with Crippen LogP contribution in [0.5, 0.6) is 0 Å². The summed E-state index contributed by atoms with van der Waals surface area (Å²) in [7, 11) is 0. The minimum atomic E-state index is -4.38. The molecular formula is C22H31F3N4O2. The number of hydrogen-bond donors (Lipinski definition) is 3. The summed E-state index contributed by atoms with van der Waals surface area (Å²) in [5.74, 6) is 0.846. The standard InChI is InChI=1S/C22H31F3N4O2/c1-2-26-20(28-11-10-27-19(30)16-6-7-16)29-15-21(8-12-31-13-9-21)17-4-3-5-18(14-17)22(23,24)25/h3-5,14,16H,2,6-13,15H2,1H3,(H,27,30)(H2,26,28,29). The molecule has 3 rings (SSSR count). The monoisotopic (exact) mass is 440 g/mol. The maximum atomic E-state index is 13.3. The van der Waals surface area contributed by atoms with E-state index in [9.17, 15) is 18.0 Å². The molecule has 9 heteroatoms. The van der Waals surface area contributed by atoms with Gasteiger partial charge in [-0.05, 0) is 44.2 Å². The Hall–Kier alpha value is -2.29. The number of ether oxygens (including phenoxy) is 1. The number of amides is 1. The Morgan fingerprint density at radius 2 is 1.87 bits per heavy atom. The molecule has 3 N–H and O–H groups in total. The highest BCUT2D eigenvalue weighted by Gasteiger charge is 2.37. The van der Waals surface area contributed by atoms with E-state index in [-0.39, 0.29) is 11.8 Å². The van der Waals surface area contributed by atoms with E-state index < -0.39 is 17.2 Å². The Kier molecular flexibility index (Phi) is 7.80. The van der Waals surface area contributed by atoms with Crippen LogP contribution in [0.3, 0.4) is 0 Å². The van der Waals surface area contributed by atoms with E-state index in [0.29, 0.717) is 63.8 Å². The molecule has 1 saturated heterocycles. The molecule has 0 spiro atoms. The molecule has 2 fully saturated rings. The number of hydrogen-bond acceptors (Lipinski definition) is 3. The summed E-state index contributed by atoms with van der Waals surface area (Å²) in [6, 6.07) is 5.56. The summed E-state index contributed by atoms with van der Waals surface area (Å²) in [5.41, 5.74) is -0.514. The van der Waals surface area contributed by atoms with Gasteiger partial charge in [-0.3, -0.25) is 9.79 Å². The van der Waals surface area contributed by atoms with Crippen molar-refractivity contribution in [2.75, 3.05) is 39.4 Å². The van der Waals surface area contributed by atoms with E-state index in [2.05, 4.69) is 20.9 Å². The lowest BCUT2D eigenvalue weighted by Crippen LogP contribution is -2.43. The van der Waals surface area contributed by atoms with Gasteiger partial charge in [-0.1, -0.05) is 18.2 Å². The largest absolute Gasteiger partial charge is 0.416 e. The van der Waals surface area contributed by atoms with E-state index in [1.807, 2.05) is 6.92 Å². The molecule has 1 aliphatic heterocycles. The Morgan fingerprint density at radius 1 is 1.16 bits per heavy atom. The summed E-state index contributed by atoms with van der Waals surface area (Å²) >= 11 is 0. The van der Waals surface area contributed by atoms with Gasteiger partial charge in [-0.25, -0.2) is 0 Å². The predicted octanol–water partition coefficient (Wildman–Crippen LogP) is 2.83. The SMILES string of the molecule is CCNC(=NCC1(c2cccc(C(F)(F)F)c2)CCOCC1)NCCNC(=O)C1CC1. The fourth-order valence-corrected chi connectivity index (χ4v) is 3.75. The van der Waals surface area contributed by atoms with Gasteiger partial charge in [-0.2, -0.15) is 13.2 Å². The number of aliphatic imine (C=N–C) groups is 1. The first-order valence-corrected chi connectivity index (χ1v) is 10.9. The van der Waals surface area contributed by atoms with Crippen molar-refractivity contribution in [3.8, 4) is 0 Å². The summed E-state index contributed by atoms with van der Waals surface area (Å²) in [6.45, 7) is 4.94. The van der Waals surface area contributed by atoms with Crippen LogP contribution in [0, 0.1) is 5.92 Å². The molecule has 1 saturated carbocycles. The van der Waals surface area contributed by atoms with Crippen molar-refractivity contribution < 1.29 is 22.7 Å². The first kappa shape index (κ1) is 23.4. The molecule has 0 aromatic heterocycles. The normalized spacial score (nSPS) is 19.0. The third-order valence-corrected chi connectivity index (χ3v) is 5.80. The zero-order chi connectivity index (χ0) is 22.3. The van der Waals surface area contributed by atoms with Gasteiger partial charge in [0.25, 0.3) is 0 Å². The molecule has 1 aliphatic carbocycles. The second kappa shape index (κ2) is 10.3. The molecule has 0 bridgehead atoms. The number of carbonyl (C=O) groups is 1. The Morgan fingerprint density at radius 3 is 2.52 bits per heavy atom. The number of rotatable bonds is 8. The Balaban J connectivity index is 1.69. The zero-order valence-corrected chi connectivity index (χ0v) is 17.9. The second-order valence-corrected chi connectivity index (χ2v) is 8.16. The molecule has 0 radical (unpaired) electrons. The maximum absolute atomic E-state index is 13.3. The van der Waals surface area contributed by atoms with Crippen LogP contribution >= 0.6 is 0 Å². The van der Waals surface area contributed by atoms with E-state index in [1.54, 1.807) is 6.07 Å². The molecule has 1 aromatic carbocycles. The van der Waals surface area contributed by atoms with Gasteiger partial charge in [-0.15, -0.1) is 0 Å². The third kappa shape index (κ3) is 6.59. The van der Waals surface area contributed by atoms with Gasteiger partial charge in [0.15, 0.2) is 5.96 Å². The van der Waals surface area contributed by atoms with Crippen LogP contribution in [-0.2, 0) is 21.1 Å². The van der Waals surface area contributed by atoms with Crippen molar-refractivity contribution in [2.45, 2.75) is 44.2 Å². The first-order chi connectivity index (χ1) is 14.8. The lowest BCUT2D eigenvalue weighted by atomic mass is 9.74. The van der Waals surface area contributed by atoms with Crippen molar-refractivity contribution in [2.24, 2.45) is 10.9 Å². The van der Waals surface area contributed by atoms with E-state index in [0.717, 1.165) is 18.9 Å². The molecular weight excluding hydrogens is 409 g/mol. The van der Waals surface area contributed by atoms with Gasteiger partial charge in [0.05, 0.1) is 12.1 Å². The fraction of sp³-hybridized carbons (Fsp3) is 0.636. The van der Waals surface area contributed by atoms with Crippen molar-refractivity contribution in [1.29, 1.82) is 0 Å². The number of carbonyl (C=O) groups excluding carboxylic acids is 1. The summed E-state index contributed by atoms with van der Waals surface area (Å²) in [6.07, 6.45) is -1.24. The molecule has 0 unspecified atom stereocenters. The molecule has 1 amide bonds. The summed E-state index contributed by atoms with van der Waals surface area (Å²) in [4.78, 5) is 16.4. The number of halogens is 3. The molecule has 2 aliphatic rings. The van der Waals surface area contributed by atoms with Crippen LogP contribution in [0.4, 0.5) is 13.2 Å². The van der Waals surface area contributed by atoms with Crippen molar-refractivity contribution in [1.82, 2.24) is 16.0 Å². The molecule has 0 atom stereocenters. The van der Waals surface area contributed by atoms with Crippen LogP contribution in [0.15, 0.2) is 29.3 Å². The van der Waals surface area contributed by atoms with E-state index in [4.69, 9.17) is 4.74 Å². The third-order valence-electron chi connectivity index (χ3n) is 5.80. The minimum Gasteiger partial charge on any atom is -0.381 e. The number of alkyl halides is 3. The van der Waals surface area contributed by atoms with Gasteiger partial charge in [0.1, 0.15) is 0 Å². The smallest absolute Gasteiger partial charge is 0.381 e. The van der Waals surface area contributed by atoms with Crippen LogP contribution < -0.4 is 16.0 Å². The molecule has 31 heavy (non-hydrogen) atoms. The summed E-state index contributed by atoms with van der Waals surface area (Å²) in [5, 5.41) is 9.25. The molecule has 6 nitrogen and oxygen atoms in total. The first-order valence-electron chi connectivity index (χ1n) is 10.9.